The van der Waals surface area contributed by atoms with E-state index in [2.05, 4.69) is 18.7 Å². The Morgan fingerprint density at radius 1 is 1.10 bits per heavy atom. The third-order valence-corrected chi connectivity index (χ3v) is 2.22. The smallest absolute Gasteiger partial charge is 0.0681 e. The number of allylic oxidation sites excluding steroid dienone is 9. The Hall–Kier alpha value is -1.63. The maximum Gasteiger partial charge on any atom is 0.0681 e. The van der Waals surface area contributed by atoms with Crippen molar-refractivity contribution in [3.05, 3.63) is 60.3 Å². The largest absolute Gasteiger partial charge is 0.300 e. The lowest BCUT2D eigenvalue weighted by atomic mass is 9.97. The average molecular weight is 290 g/mol. The molecule has 0 aromatic carbocycles. The Morgan fingerprint density at radius 3 is 2.05 bits per heavy atom. The van der Waals surface area contributed by atoms with Crippen LogP contribution >= 0.6 is 0 Å². The van der Waals surface area contributed by atoms with Crippen LogP contribution in [0.15, 0.2) is 60.3 Å². The third-order valence-electron chi connectivity index (χ3n) is 2.22. The van der Waals surface area contributed by atoms with Crippen LogP contribution in [0.1, 0.15) is 61.3 Å². The molecule has 0 saturated carbocycles. The summed E-state index contributed by atoms with van der Waals surface area (Å²) in [7, 11) is 0. The minimum absolute atomic E-state index is 0.573. The topological polar surface area (TPSA) is 23.9 Å². The van der Waals surface area contributed by atoms with Gasteiger partial charge in [-0.2, -0.15) is 0 Å². The standard InChI is InChI=1S/C14H17N.3C2H6/c1-3-8-12(9-4-2)14(15)13-10-6-5-7-11-13;3*1-2/h3-4,6,8-11,15H,1,5,7H2,2H3;3*1-2H3/b9-4-,12-8+,15-14?;;;. The molecule has 1 N–H and O–H groups in total. The lowest BCUT2D eigenvalue weighted by Gasteiger charge is -2.09. The van der Waals surface area contributed by atoms with Crippen LogP contribution in [0.3, 0.4) is 0 Å². The van der Waals surface area contributed by atoms with Gasteiger partial charge >= 0.3 is 0 Å². The Labute approximate surface area is 133 Å². The molecule has 0 heterocycles. The lowest BCUT2D eigenvalue weighted by molar-refractivity contribution is 1.03. The zero-order chi connectivity index (χ0) is 17.1. The second-order valence-corrected chi connectivity index (χ2v) is 3.37. The highest BCUT2D eigenvalue weighted by molar-refractivity contribution is 6.14. The minimum Gasteiger partial charge on any atom is -0.300 e. The predicted molar refractivity (Wildman–Crippen MR) is 101 cm³/mol. The molecule has 0 radical (unpaired) electrons. The van der Waals surface area contributed by atoms with Crippen molar-refractivity contribution in [2.75, 3.05) is 0 Å². The molecule has 0 spiro atoms. The molecule has 0 amide bonds. The highest BCUT2D eigenvalue weighted by Gasteiger charge is 2.06. The fourth-order valence-electron chi connectivity index (χ4n) is 1.49. The molecule has 1 nitrogen and oxygen atoms in total. The number of nitrogens with one attached hydrogen (secondary N) is 1. The SMILES string of the molecule is C=C/C=C(\C=C/C)C(=N)C1=CCCC=C1.CC.CC.CC. The molecule has 0 bridgehead atoms. The normalized spacial score (nSPS) is 12.7. The van der Waals surface area contributed by atoms with E-state index < -0.39 is 0 Å². The van der Waals surface area contributed by atoms with Gasteiger partial charge in [-0.25, -0.2) is 0 Å². The molecule has 0 aliphatic heterocycles. The highest BCUT2D eigenvalue weighted by atomic mass is 14.4. The summed E-state index contributed by atoms with van der Waals surface area (Å²) in [5.74, 6) is 0. The summed E-state index contributed by atoms with van der Waals surface area (Å²) in [6, 6.07) is 0. The number of hydrogen-bond donors (Lipinski definition) is 1. The van der Waals surface area contributed by atoms with Gasteiger partial charge in [0.1, 0.15) is 0 Å². The maximum absolute atomic E-state index is 8.06. The van der Waals surface area contributed by atoms with Crippen LogP contribution in [0, 0.1) is 5.41 Å². The summed E-state index contributed by atoms with van der Waals surface area (Å²) in [4.78, 5) is 0. The number of rotatable bonds is 4. The highest BCUT2D eigenvalue weighted by Crippen LogP contribution is 2.15. The van der Waals surface area contributed by atoms with Crippen molar-refractivity contribution in [3.63, 3.8) is 0 Å². The van der Waals surface area contributed by atoms with E-state index in [1.54, 1.807) is 6.08 Å². The molecule has 21 heavy (non-hydrogen) atoms. The predicted octanol–water partition coefficient (Wildman–Crippen LogP) is 7.05. The lowest BCUT2D eigenvalue weighted by Crippen LogP contribution is -2.03. The quantitative estimate of drug-likeness (QED) is 0.423. The van der Waals surface area contributed by atoms with Gasteiger partial charge in [0.05, 0.1) is 5.71 Å². The molecule has 0 aromatic rings. The van der Waals surface area contributed by atoms with Crippen molar-refractivity contribution in [1.29, 1.82) is 5.41 Å². The van der Waals surface area contributed by atoms with Crippen LogP contribution in [-0.4, -0.2) is 5.71 Å². The maximum atomic E-state index is 8.06. The molecular weight excluding hydrogens is 254 g/mol. The molecular formula is C20H35N. The monoisotopic (exact) mass is 289 g/mol. The first-order valence-corrected chi connectivity index (χ1v) is 8.21. The van der Waals surface area contributed by atoms with E-state index in [4.69, 9.17) is 5.41 Å². The molecule has 120 valence electrons. The molecule has 0 aromatic heterocycles. The second kappa shape index (κ2) is 20.7. The summed E-state index contributed by atoms with van der Waals surface area (Å²) in [5.41, 5.74) is 2.49. The summed E-state index contributed by atoms with van der Waals surface area (Å²) in [5, 5.41) is 8.06. The van der Waals surface area contributed by atoms with Gasteiger partial charge in [0.15, 0.2) is 0 Å². The minimum atomic E-state index is 0.573. The van der Waals surface area contributed by atoms with Crippen LogP contribution in [0.2, 0.25) is 0 Å². The second-order valence-electron chi connectivity index (χ2n) is 3.37. The van der Waals surface area contributed by atoms with E-state index in [-0.39, 0.29) is 0 Å². The van der Waals surface area contributed by atoms with Gasteiger partial charge in [0.2, 0.25) is 0 Å². The van der Waals surface area contributed by atoms with Gasteiger partial charge in [-0.1, -0.05) is 90.7 Å². The zero-order valence-electron chi connectivity index (χ0n) is 15.2. The van der Waals surface area contributed by atoms with Crippen molar-refractivity contribution < 1.29 is 0 Å². The van der Waals surface area contributed by atoms with Crippen LogP contribution in [0.5, 0.6) is 0 Å². The molecule has 0 fully saturated rings. The van der Waals surface area contributed by atoms with Crippen LogP contribution in [0.4, 0.5) is 0 Å². The third kappa shape index (κ3) is 11.9. The van der Waals surface area contributed by atoms with E-state index in [1.165, 1.54) is 0 Å². The molecule has 0 atom stereocenters. The van der Waals surface area contributed by atoms with Gasteiger partial charge in [0, 0.05) is 0 Å². The number of hydrogen-bond acceptors (Lipinski definition) is 1. The molecule has 0 saturated heterocycles. The van der Waals surface area contributed by atoms with E-state index in [9.17, 15) is 0 Å². The molecule has 1 rings (SSSR count). The van der Waals surface area contributed by atoms with Crippen molar-refractivity contribution in [3.8, 4) is 0 Å². The first-order valence-electron chi connectivity index (χ1n) is 8.21. The summed E-state index contributed by atoms with van der Waals surface area (Å²) in [6.45, 7) is 17.6. The first-order chi connectivity index (χ1) is 10.3. The first kappa shape index (κ1) is 24.4. The Morgan fingerprint density at radius 2 is 1.67 bits per heavy atom. The van der Waals surface area contributed by atoms with Crippen LogP contribution in [-0.2, 0) is 0 Å². The van der Waals surface area contributed by atoms with Gasteiger partial charge in [-0.05, 0) is 30.9 Å². The van der Waals surface area contributed by atoms with Crippen molar-refractivity contribution in [1.82, 2.24) is 0 Å². The summed E-state index contributed by atoms with van der Waals surface area (Å²) >= 11 is 0. The molecule has 0 unspecified atom stereocenters. The van der Waals surface area contributed by atoms with Gasteiger partial charge in [0.25, 0.3) is 0 Å². The van der Waals surface area contributed by atoms with Crippen molar-refractivity contribution in [2.24, 2.45) is 0 Å². The van der Waals surface area contributed by atoms with Gasteiger partial charge in [-0.15, -0.1) is 0 Å². The van der Waals surface area contributed by atoms with E-state index >= 15 is 0 Å². The summed E-state index contributed by atoms with van der Waals surface area (Å²) < 4.78 is 0. The van der Waals surface area contributed by atoms with E-state index in [0.29, 0.717) is 5.71 Å². The molecule has 1 aliphatic rings. The fourth-order valence-corrected chi connectivity index (χ4v) is 1.49. The Balaban J connectivity index is -0.000000478. The van der Waals surface area contributed by atoms with Crippen LogP contribution < -0.4 is 0 Å². The van der Waals surface area contributed by atoms with E-state index in [1.807, 2.05) is 72.8 Å². The fraction of sp³-hybridized carbons (Fsp3) is 0.450. The Kier molecular flexibility index (Phi) is 24.0. The zero-order valence-corrected chi connectivity index (χ0v) is 15.2. The Bertz CT molecular complexity index is 365. The van der Waals surface area contributed by atoms with Crippen molar-refractivity contribution in [2.45, 2.75) is 61.3 Å². The average Bonchev–Trinajstić information content (AvgIpc) is 2.60. The van der Waals surface area contributed by atoms with Gasteiger partial charge < -0.3 is 0 Å². The van der Waals surface area contributed by atoms with E-state index in [0.717, 1.165) is 24.0 Å². The molecule has 1 aliphatic carbocycles. The van der Waals surface area contributed by atoms with Crippen LogP contribution in [0.25, 0.3) is 0 Å². The van der Waals surface area contributed by atoms with Crippen molar-refractivity contribution >= 4 is 5.71 Å². The van der Waals surface area contributed by atoms with Gasteiger partial charge in [-0.3, -0.25) is 5.41 Å². The molecule has 1 heteroatoms. The summed E-state index contributed by atoms with van der Waals surface area (Å²) in [6.07, 6.45) is 15.8.